The van der Waals surface area contributed by atoms with Gasteiger partial charge in [0.2, 0.25) is 0 Å². The smallest absolute Gasteiger partial charge is 0.264 e. The molecule has 1 aromatic heterocycles. The van der Waals surface area contributed by atoms with Crippen LogP contribution < -0.4 is 4.90 Å². The van der Waals surface area contributed by atoms with Crippen LogP contribution in [0.15, 0.2) is 79.0 Å². The molecule has 0 bridgehead atoms. The van der Waals surface area contributed by atoms with Crippen LogP contribution >= 0.6 is 0 Å². The number of ketones is 1. The highest BCUT2D eigenvalue weighted by molar-refractivity contribution is 6.10. The standard InChI is InChI=1S/C28H26N2O3/c1-19-8-6-9-20(16-19)26(31)17-28(33)23-12-3-5-14-25(23)30(27(28)32)15-7-10-21-18-29-24-13-4-2-11-22(21)24/h2-6,8-9,11-14,16,18,29,33H,7,10,15,17H2,1H3/t28-/m1/s1. The summed E-state index contributed by atoms with van der Waals surface area (Å²) in [6.45, 7) is 2.38. The molecule has 0 saturated heterocycles. The number of nitrogens with one attached hydrogen (secondary N) is 1. The SMILES string of the molecule is Cc1cccc(C(=O)C[C@]2(O)C(=O)N(CCCc3c[nH]c4ccccc34)c3ccccc32)c1. The van der Waals surface area contributed by atoms with Crippen molar-refractivity contribution in [2.24, 2.45) is 0 Å². The molecule has 5 rings (SSSR count). The van der Waals surface area contributed by atoms with E-state index in [0.29, 0.717) is 23.4 Å². The van der Waals surface area contributed by atoms with Crippen molar-refractivity contribution >= 4 is 28.3 Å². The van der Waals surface area contributed by atoms with E-state index in [2.05, 4.69) is 11.1 Å². The van der Waals surface area contributed by atoms with Crippen LogP contribution in [0.1, 0.15) is 39.9 Å². The molecule has 0 unspecified atom stereocenters. The summed E-state index contributed by atoms with van der Waals surface area (Å²) in [7, 11) is 0. The predicted octanol–water partition coefficient (Wildman–Crippen LogP) is 4.92. The first-order valence-corrected chi connectivity index (χ1v) is 11.3. The number of amides is 1. The number of benzene rings is 3. The van der Waals surface area contributed by atoms with E-state index >= 15 is 0 Å². The fraction of sp³-hybridized carbons (Fsp3) is 0.214. The number of H-pyrrole nitrogens is 1. The normalized spacial score (nSPS) is 17.5. The summed E-state index contributed by atoms with van der Waals surface area (Å²) < 4.78 is 0. The summed E-state index contributed by atoms with van der Waals surface area (Å²) in [5.41, 5.74) is 3.10. The second kappa shape index (κ2) is 8.34. The van der Waals surface area contributed by atoms with Crippen LogP contribution in [-0.2, 0) is 16.8 Å². The summed E-state index contributed by atoms with van der Waals surface area (Å²) in [5, 5.41) is 12.7. The number of aromatic amines is 1. The number of carbonyl (C=O) groups excluding carboxylic acids is 2. The van der Waals surface area contributed by atoms with E-state index in [4.69, 9.17) is 0 Å². The maximum atomic E-state index is 13.4. The van der Waals surface area contributed by atoms with Gasteiger partial charge in [-0.1, -0.05) is 60.2 Å². The minimum absolute atomic E-state index is 0.245. The molecule has 0 aliphatic carbocycles. The van der Waals surface area contributed by atoms with Crippen molar-refractivity contribution in [1.82, 2.24) is 4.98 Å². The van der Waals surface area contributed by atoms with Crippen molar-refractivity contribution in [2.45, 2.75) is 31.8 Å². The van der Waals surface area contributed by atoms with E-state index in [9.17, 15) is 14.7 Å². The fourth-order valence-corrected chi connectivity index (χ4v) is 4.82. The van der Waals surface area contributed by atoms with Crippen molar-refractivity contribution in [2.75, 3.05) is 11.4 Å². The molecule has 2 heterocycles. The summed E-state index contributed by atoms with van der Waals surface area (Å²) in [4.78, 5) is 31.3. The molecule has 1 aliphatic heterocycles. The number of aromatic nitrogens is 1. The Labute approximate surface area is 192 Å². The summed E-state index contributed by atoms with van der Waals surface area (Å²) in [5.74, 6) is -0.673. The van der Waals surface area contributed by atoms with Gasteiger partial charge in [0.1, 0.15) is 0 Å². The Bertz CT molecular complexity index is 1360. The second-order valence-corrected chi connectivity index (χ2v) is 8.77. The highest BCUT2D eigenvalue weighted by atomic mass is 16.3. The third-order valence-electron chi connectivity index (χ3n) is 6.50. The number of carbonyl (C=O) groups is 2. The van der Waals surface area contributed by atoms with Crippen LogP contribution in [-0.4, -0.2) is 28.3 Å². The first kappa shape index (κ1) is 21.2. The number of para-hydroxylation sites is 2. The van der Waals surface area contributed by atoms with E-state index in [1.165, 1.54) is 10.9 Å². The Morgan fingerprint density at radius 1 is 1.03 bits per heavy atom. The number of rotatable bonds is 7. The number of hydrogen-bond acceptors (Lipinski definition) is 3. The fourth-order valence-electron chi connectivity index (χ4n) is 4.82. The van der Waals surface area contributed by atoms with E-state index in [-0.39, 0.29) is 12.2 Å². The molecule has 0 fully saturated rings. The van der Waals surface area contributed by atoms with Gasteiger partial charge in [-0.3, -0.25) is 9.59 Å². The van der Waals surface area contributed by atoms with Gasteiger partial charge in [-0.15, -0.1) is 0 Å². The minimum Gasteiger partial charge on any atom is -0.375 e. The third-order valence-corrected chi connectivity index (χ3v) is 6.50. The number of nitrogens with zero attached hydrogens (tertiary/aromatic N) is 1. The van der Waals surface area contributed by atoms with Crippen LogP contribution in [0.5, 0.6) is 0 Å². The molecular weight excluding hydrogens is 412 g/mol. The maximum Gasteiger partial charge on any atom is 0.264 e. The van der Waals surface area contributed by atoms with Gasteiger partial charge in [-0.05, 0) is 43.5 Å². The number of aliphatic hydroxyl groups is 1. The van der Waals surface area contributed by atoms with Crippen LogP contribution in [0.2, 0.25) is 0 Å². The van der Waals surface area contributed by atoms with Crippen molar-refractivity contribution in [3.05, 3.63) is 101 Å². The van der Waals surface area contributed by atoms with Gasteiger partial charge in [0.05, 0.1) is 12.1 Å². The lowest BCUT2D eigenvalue weighted by Gasteiger charge is -2.23. The van der Waals surface area contributed by atoms with Gasteiger partial charge in [-0.25, -0.2) is 0 Å². The van der Waals surface area contributed by atoms with Crippen molar-refractivity contribution < 1.29 is 14.7 Å². The van der Waals surface area contributed by atoms with Gasteiger partial charge >= 0.3 is 0 Å². The summed E-state index contributed by atoms with van der Waals surface area (Å²) >= 11 is 0. The zero-order valence-electron chi connectivity index (χ0n) is 18.5. The van der Waals surface area contributed by atoms with Gasteiger partial charge in [0.25, 0.3) is 5.91 Å². The Kier molecular flexibility index (Phi) is 5.35. The van der Waals surface area contributed by atoms with E-state index in [0.717, 1.165) is 23.9 Å². The van der Waals surface area contributed by atoms with Crippen LogP contribution in [0.25, 0.3) is 10.9 Å². The molecule has 0 radical (unpaired) electrons. The molecule has 5 nitrogen and oxygen atoms in total. The summed E-state index contributed by atoms with van der Waals surface area (Å²) in [6.07, 6.45) is 3.28. The maximum absolute atomic E-state index is 13.4. The topological polar surface area (TPSA) is 73.4 Å². The largest absolute Gasteiger partial charge is 0.375 e. The van der Waals surface area contributed by atoms with E-state index in [1.54, 1.807) is 29.2 Å². The molecule has 3 aromatic carbocycles. The Hall–Kier alpha value is -3.70. The number of Topliss-reactive ketones (excluding diaryl/α,β-unsaturated/α-hetero) is 1. The molecule has 2 N–H and O–H groups in total. The first-order valence-electron chi connectivity index (χ1n) is 11.3. The van der Waals surface area contributed by atoms with Crippen molar-refractivity contribution in [3.8, 4) is 0 Å². The molecule has 1 amide bonds. The molecular formula is C28H26N2O3. The van der Waals surface area contributed by atoms with Gasteiger partial charge in [0.15, 0.2) is 11.4 Å². The van der Waals surface area contributed by atoms with Gasteiger partial charge < -0.3 is 15.0 Å². The zero-order chi connectivity index (χ0) is 23.0. The average Bonchev–Trinajstić information content (AvgIpc) is 3.32. The van der Waals surface area contributed by atoms with Gasteiger partial charge in [0, 0.05) is 34.8 Å². The minimum atomic E-state index is -1.85. The third kappa shape index (κ3) is 3.74. The molecule has 0 saturated carbocycles. The van der Waals surface area contributed by atoms with Gasteiger partial charge in [-0.2, -0.15) is 0 Å². The quantitative estimate of drug-likeness (QED) is 0.403. The molecule has 1 atom stereocenters. The predicted molar refractivity (Wildman–Crippen MR) is 129 cm³/mol. The van der Waals surface area contributed by atoms with Crippen LogP contribution in [0.4, 0.5) is 5.69 Å². The van der Waals surface area contributed by atoms with Crippen LogP contribution in [0.3, 0.4) is 0 Å². The molecule has 33 heavy (non-hydrogen) atoms. The average molecular weight is 439 g/mol. The second-order valence-electron chi connectivity index (χ2n) is 8.77. The summed E-state index contributed by atoms with van der Waals surface area (Å²) in [6, 6.07) is 22.6. The van der Waals surface area contributed by atoms with Crippen molar-refractivity contribution in [1.29, 1.82) is 0 Å². The molecule has 4 aromatic rings. The molecule has 0 spiro atoms. The lowest BCUT2D eigenvalue weighted by atomic mass is 9.88. The Morgan fingerprint density at radius 2 is 1.82 bits per heavy atom. The number of anilines is 1. The lowest BCUT2D eigenvalue weighted by molar-refractivity contribution is -0.135. The highest BCUT2D eigenvalue weighted by Crippen LogP contribution is 2.43. The number of aryl methyl sites for hydroxylation is 2. The molecule has 5 heteroatoms. The highest BCUT2D eigenvalue weighted by Gasteiger charge is 2.50. The monoisotopic (exact) mass is 438 g/mol. The van der Waals surface area contributed by atoms with E-state index in [1.807, 2.05) is 55.6 Å². The Balaban J connectivity index is 1.36. The molecule has 166 valence electrons. The number of fused-ring (bicyclic) bond motifs is 2. The molecule has 1 aliphatic rings. The lowest BCUT2D eigenvalue weighted by Crippen LogP contribution is -2.42. The van der Waals surface area contributed by atoms with Crippen LogP contribution in [0, 0.1) is 6.92 Å². The van der Waals surface area contributed by atoms with Crippen molar-refractivity contribution in [3.63, 3.8) is 0 Å². The Morgan fingerprint density at radius 3 is 2.67 bits per heavy atom. The van der Waals surface area contributed by atoms with E-state index < -0.39 is 11.5 Å². The number of hydrogen-bond donors (Lipinski definition) is 2. The zero-order valence-corrected chi connectivity index (χ0v) is 18.5. The first-order chi connectivity index (χ1) is 16.0.